The molecule has 0 aliphatic rings. The number of carbonyl (C=O) groups is 1. The Morgan fingerprint density at radius 1 is 1.25 bits per heavy atom. The summed E-state index contributed by atoms with van der Waals surface area (Å²) in [6, 6.07) is 9.53. The Morgan fingerprint density at radius 2 is 1.94 bits per heavy atom. The Morgan fingerprint density at radius 3 is 2.53 bits per heavy atom. The van der Waals surface area contributed by atoms with Crippen LogP contribution >= 0.6 is 11.3 Å². The molecule has 190 valence electrons. The second kappa shape index (κ2) is 9.87. The normalized spacial score (nSPS) is 13.7. The molecule has 1 aromatic carbocycles. The maximum absolute atomic E-state index is 13.9. The Hall–Kier alpha value is -3.50. The molecule has 9 nitrogen and oxygen atoms in total. The van der Waals surface area contributed by atoms with Crippen molar-refractivity contribution in [2.45, 2.75) is 65.3 Å². The summed E-state index contributed by atoms with van der Waals surface area (Å²) in [5.74, 6) is -0.963. The van der Waals surface area contributed by atoms with Crippen LogP contribution in [0.1, 0.15) is 51.3 Å². The van der Waals surface area contributed by atoms with Gasteiger partial charge in [0.1, 0.15) is 22.7 Å². The van der Waals surface area contributed by atoms with E-state index in [1.807, 2.05) is 44.2 Å². The summed E-state index contributed by atoms with van der Waals surface area (Å²) >= 11 is 1.22. The van der Waals surface area contributed by atoms with Gasteiger partial charge in [0.2, 0.25) is 5.89 Å². The molecule has 0 aliphatic heterocycles. The molecule has 2 atom stereocenters. The van der Waals surface area contributed by atoms with Crippen LogP contribution in [0.5, 0.6) is 0 Å². The number of hydrogen-bond donors (Lipinski definition) is 1. The van der Waals surface area contributed by atoms with Gasteiger partial charge in [-0.3, -0.25) is 9.36 Å². The van der Waals surface area contributed by atoms with Gasteiger partial charge in [0.15, 0.2) is 0 Å². The molecule has 0 bridgehead atoms. The molecular weight excluding hydrogens is 482 g/mol. The molecule has 4 aromatic rings. The summed E-state index contributed by atoms with van der Waals surface area (Å²) in [4.78, 5) is 44.9. The molecule has 0 aliphatic carbocycles. The number of aliphatic carboxylic acids is 1. The number of rotatable bonds is 9. The minimum Gasteiger partial charge on any atom is -0.480 e. The highest BCUT2D eigenvalue weighted by Crippen LogP contribution is 2.36. The first kappa shape index (κ1) is 25.6. The van der Waals surface area contributed by atoms with Crippen LogP contribution in [0.25, 0.3) is 21.0 Å². The molecule has 3 aromatic heterocycles. The van der Waals surface area contributed by atoms with Crippen molar-refractivity contribution in [3.05, 3.63) is 74.8 Å². The number of ether oxygens (including phenoxy) is 1. The zero-order valence-electron chi connectivity index (χ0n) is 20.8. The van der Waals surface area contributed by atoms with Gasteiger partial charge in [-0.25, -0.2) is 19.1 Å². The van der Waals surface area contributed by atoms with Crippen LogP contribution in [0.4, 0.5) is 0 Å². The Bertz CT molecular complexity index is 1500. The van der Waals surface area contributed by atoms with Crippen LogP contribution in [0.2, 0.25) is 0 Å². The van der Waals surface area contributed by atoms with Crippen molar-refractivity contribution in [2.75, 3.05) is 0 Å². The van der Waals surface area contributed by atoms with Gasteiger partial charge in [0.05, 0.1) is 29.1 Å². The molecule has 4 rings (SSSR count). The highest BCUT2D eigenvalue weighted by atomic mass is 32.1. The molecule has 0 saturated heterocycles. The van der Waals surface area contributed by atoms with Gasteiger partial charge in [-0.1, -0.05) is 37.3 Å². The number of fused-ring (bicyclic) bond motifs is 1. The Labute approximate surface area is 211 Å². The molecule has 10 heteroatoms. The maximum Gasteiger partial charge on any atom is 0.333 e. The highest BCUT2D eigenvalue weighted by molar-refractivity contribution is 7.22. The maximum atomic E-state index is 13.9. The number of oxazole rings is 1. The van der Waals surface area contributed by atoms with E-state index in [4.69, 9.17) is 9.15 Å². The summed E-state index contributed by atoms with van der Waals surface area (Å²) in [6.45, 7) is 8.49. The van der Waals surface area contributed by atoms with E-state index in [9.17, 15) is 19.5 Å². The third-order valence-corrected chi connectivity index (χ3v) is 7.72. The van der Waals surface area contributed by atoms with Crippen molar-refractivity contribution < 1.29 is 19.1 Å². The van der Waals surface area contributed by atoms with E-state index in [-0.39, 0.29) is 18.0 Å². The van der Waals surface area contributed by atoms with Crippen molar-refractivity contribution in [2.24, 2.45) is 0 Å². The van der Waals surface area contributed by atoms with E-state index in [1.54, 1.807) is 6.92 Å². The predicted octanol–water partition coefficient (Wildman–Crippen LogP) is 4.56. The van der Waals surface area contributed by atoms with Gasteiger partial charge < -0.3 is 14.3 Å². The highest BCUT2D eigenvalue weighted by Gasteiger charge is 2.36. The Balaban J connectivity index is 2.03. The molecular formula is C26H29N3O6S. The topological polar surface area (TPSA) is 117 Å². The number of nitrogens with zero attached hydrogens (tertiary/aromatic N) is 3. The summed E-state index contributed by atoms with van der Waals surface area (Å²) in [5.41, 5.74) is -1.71. The van der Waals surface area contributed by atoms with Crippen LogP contribution < -0.4 is 11.2 Å². The zero-order chi connectivity index (χ0) is 26.2. The molecule has 36 heavy (non-hydrogen) atoms. The zero-order valence-corrected chi connectivity index (χ0v) is 21.7. The summed E-state index contributed by atoms with van der Waals surface area (Å²) < 4.78 is 14.1. The molecule has 0 spiro atoms. The second-order valence-electron chi connectivity index (χ2n) is 9.23. The van der Waals surface area contributed by atoms with Gasteiger partial charge in [-0.05, 0) is 45.2 Å². The van der Waals surface area contributed by atoms with Gasteiger partial charge in [-0.15, -0.1) is 11.3 Å². The number of aromatic nitrogens is 3. The van der Waals surface area contributed by atoms with E-state index >= 15 is 0 Å². The quantitative estimate of drug-likeness (QED) is 0.350. The average Bonchev–Trinajstić information content (AvgIpc) is 3.49. The lowest BCUT2D eigenvalue weighted by Gasteiger charge is -2.26. The second-order valence-corrected chi connectivity index (χ2v) is 10.2. The van der Waals surface area contributed by atoms with Gasteiger partial charge >= 0.3 is 11.7 Å². The van der Waals surface area contributed by atoms with Crippen LogP contribution in [0, 0.1) is 6.92 Å². The monoisotopic (exact) mass is 511 g/mol. The fourth-order valence-corrected chi connectivity index (χ4v) is 5.31. The number of aryl methyl sites for hydroxylation is 1. The minimum atomic E-state index is -1.78. The largest absolute Gasteiger partial charge is 0.480 e. The van der Waals surface area contributed by atoms with Crippen molar-refractivity contribution in [3.63, 3.8) is 0 Å². The van der Waals surface area contributed by atoms with Crippen molar-refractivity contribution in [1.82, 2.24) is 14.1 Å². The van der Waals surface area contributed by atoms with E-state index in [1.165, 1.54) is 42.2 Å². The first-order valence-corrected chi connectivity index (χ1v) is 12.5. The third-order valence-electron chi connectivity index (χ3n) is 6.41. The Kier molecular flexibility index (Phi) is 7.01. The van der Waals surface area contributed by atoms with Crippen LogP contribution in [-0.2, 0) is 21.6 Å². The summed E-state index contributed by atoms with van der Waals surface area (Å²) in [7, 11) is 0. The number of carboxylic acid groups (broad SMARTS) is 1. The molecule has 0 fully saturated rings. The van der Waals surface area contributed by atoms with Crippen LogP contribution in [0.15, 0.2) is 56.8 Å². The molecule has 0 radical (unpaired) electrons. The fourth-order valence-electron chi connectivity index (χ4n) is 4.07. The fraction of sp³-hybridized carbons (Fsp3) is 0.385. The van der Waals surface area contributed by atoms with Crippen molar-refractivity contribution >= 4 is 27.5 Å². The molecule has 1 unspecified atom stereocenters. The van der Waals surface area contributed by atoms with Crippen LogP contribution in [-0.4, -0.2) is 31.3 Å². The van der Waals surface area contributed by atoms with Gasteiger partial charge in [-0.2, -0.15) is 0 Å². The lowest BCUT2D eigenvalue weighted by atomic mass is 10.1. The number of carboxylic acids is 1. The first-order chi connectivity index (χ1) is 17.1. The van der Waals surface area contributed by atoms with Crippen molar-refractivity contribution in [1.29, 1.82) is 0 Å². The SMILES string of the molecule is CCC(C)O[C@@H](Cn1c(=O)n(C(C)(C)C(=O)O)c(=O)c2c(C)c(-c3ncco3)sc21)c1ccccc1. The van der Waals surface area contributed by atoms with E-state index < -0.39 is 28.9 Å². The van der Waals surface area contributed by atoms with E-state index in [0.717, 1.165) is 16.6 Å². The summed E-state index contributed by atoms with van der Waals surface area (Å²) in [5, 5.41) is 10.1. The van der Waals surface area contributed by atoms with Crippen molar-refractivity contribution in [3.8, 4) is 10.8 Å². The van der Waals surface area contributed by atoms with E-state index in [2.05, 4.69) is 4.98 Å². The average molecular weight is 512 g/mol. The number of hydrogen-bond acceptors (Lipinski definition) is 7. The standard InChI is InChI=1S/C26H29N3O6S/c1-6-15(2)35-18(17-10-8-7-9-11-17)14-28-23-19(16(3)20(36-23)21-27-12-13-34-21)22(30)29(25(28)33)26(4,5)24(31)32/h7-13,15,18H,6,14H2,1-5H3,(H,31,32)/t15?,18-/m0/s1. The third kappa shape index (κ3) is 4.42. The van der Waals surface area contributed by atoms with Crippen LogP contribution in [0.3, 0.4) is 0 Å². The lowest BCUT2D eigenvalue weighted by Crippen LogP contribution is -2.52. The minimum absolute atomic E-state index is 0.0873. The smallest absolute Gasteiger partial charge is 0.333 e. The number of thiophene rings is 1. The first-order valence-electron chi connectivity index (χ1n) is 11.7. The molecule has 1 N–H and O–H groups in total. The predicted molar refractivity (Wildman–Crippen MR) is 138 cm³/mol. The number of benzene rings is 1. The molecule has 3 heterocycles. The van der Waals surface area contributed by atoms with E-state index in [0.29, 0.717) is 21.2 Å². The lowest BCUT2D eigenvalue weighted by molar-refractivity contribution is -0.146. The molecule has 0 saturated carbocycles. The summed E-state index contributed by atoms with van der Waals surface area (Å²) in [6.07, 6.45) is 3.11. The van der Waals surface area contributed by atoms with Gasteiger partial charge in [0, 0.05) is 0 Å². The molecule has 0 amide bonds. The van der Waals surface area contributed by atoms with Gasteiger partial charge in [0.25, 0.3) is 5.56 Å².